The normalized spacial score (nSPS) is 14.5. The Morgan fingerprint density at radius 2 is 1.18 bits per heavy atom. The minimum absolute atomic E-state index is 0. The van der Waals surface area contributed by atoms with E-state index < -0.39 is 13.2 Å². The number of unbranched alkanes of at least 4 members (excludes halogenated alkanes) is 8. The Bertz CT molecular complexity index is 754. The molecule has 0 radical (unpaired) electrons. The van der Waals surface area contributed by atoms with E-state index in [-0.39, 0.29) is 24.0 Å². The van der Waals surface area contributed by atoms with Gasteiger partial charge in [0.05, 0.1) is 42.9 Å². The highest BCUT2D eigenvalue weighted by molar-refractivity contribution is 7.90. The van der Waals surface area contributed by atoms with Crippen molar-refractivity contribution in [1.29, 1.82) is 0 Å². The van der Waals surface area contributed by atoms with Gasteiger partial charge in [0.1, 0.15) is 0 Å². The molecule has 0 amide bonds. The van der Waals surface area contributed by atoms with Crippen LogP contribution in [-0.2, 0) is 9.53 Å². The zero-order chi connectivity index (χ0) is 23.2. The summed E-state index contributed by atoms with van der Waals surface area (Å²) in [5, 5.41) is 11.9. The topological polar surface area (TPSA) is 46.5 Å². The summed E-state index contributed by atoms with van der Waals surface area (Å²) in [7, 11) is -1.49. The molecule has 0 spiro atoms. The lowest BCUT2D eigenvalue weighted by Gasteiger charge is -2.37. The minimum atomic E-state index is -1.49. The van der Waals surface area contributed by atoms with Crippen LogP contribution in [-0.4, -0.2) is 36.1 Å². The Hall–Kier alpha value is -0.970. The van der Waals surface area contributed by atoms with Crippen molar-refractivity contribution < 1.29 is 38.6 Å². The van der Waals surface area contributed by atoms with Crippen LogP contribution in [0.5, 0.6) is 0 Å². The van der Waals surface area contributed by atoms with Crippen LogP contribution in [0, 0.1) is 0 Å². The first-order valence-electron chi connectivity index (χ1n) is 13.0. The lowest BCUT2D eigenvalue weighted by Crippen LogP contribution is -3.00. The lowest BCUT2D eigenvalue weighted by atomic mass is 10.1. The quantitative estimate of drug-likeness (QED) is 0.193. The van der Waals surface area contributed by atoms with Gasteiger partial charge in [-0.1, -0.05) is 74.9 Å². The summed E-state index contributed by atoms with van der Waals surface area (Å²) in [6.07, 6.45) is 14.8. The Labute approximate surface area is 224 Å². The molecule has 3 rings (SSSR count). The first kappa shape index (κ1) is 29.3. The second-order valence-corrected chi connectivity index (χ2v) is 13.4. The van der Waals surface area contributed by atoms with Gasteiger partial charge in [-0.3, -0.25) is 4.79 Å². The fourth-order valence-electron chi connectivity index (χ4n) is 5.40. The molecule has 0 unspecified atom stereocenters. The molecule has 2 aromatic carbocycles. The Morgan fingerprint density at radius 3 is 1.65 bits per heavy atom. The molecular weight excluding hydrogens is 554 g/mol. The number of hydrogen-bond acceptors (Lipinski definition) is 2. The van der Waals surface area contributed by atoms with Gasteiger partial charge in [-0.2, -0.15) is 0 Å². The summed E-state index contributed by atoms with van der Waals surface area (Å²) in [5.41, 5.74) is 0.724. The van der Waals surface area contributed by atoms with Crippen LogP contribution in [0.4, 0.5) is 0 Å². The van der Waals surface area contributed by atoms with Crippen molar-refractivity contribution in [2.45, 2.75) is 82.7 Å². The van der Waals surface area contributed by atoms with Crippen molar-refractivity contribution in [3.63, 3.8) is 0 Å². The highest BCUT2D eigenvalue weighted by Crippen LogP contribution is 2.63. The van der Waals surface area contributed by atoms with E-state index in [4.69, 9.17) is 9.84 Å². The number of benzene rings is 2. The standard InChI is InChI=1S/C29H41O3P.HI/c30-29(31)20-14-6-4-2-1-3-5-7-15-25-33(26-16-10-8-11-17-26,27-18-12-9-13-19-27)28-21-23-32-24-22-28;/h8-13,16-19,28H,1-7,14-15,20-25H2;1H. The molecule has 0 atom stereocenters. The third-order valence-electron chi connectivity index (χ3n) is 7.15. The SMILES string of the molecule is O=C(O)CCCCCCCCCCC[P+](c1ccccc1)(c1ccccc1)C1CCOCC1.[I-]. The first-order chi connectivity index (χ1) is 16.2. The molecule has 1 aliphatic rings. The molecule has 0 aliphatic carbocycles. The zero-order valence-corrected chi connectivity index (χ0v) is 23.6. The van der Waals surface area contributed by atoms with Crippen LogP contribution in [0.3, 0.4) is 0 Å². The van der Waals surface area contributed by atoms with Gasteiger partial charge in [-0.05, 0) is 43.5 Å². The van der Waals surface area contributed by atoms with Crippen molar-refractivity contribution in [1.82, 2.24) is 0 Å². The molecule has 5 heteroatoms. The van der Waals surface area contributed by atoms with Crippen LogP contribution < -0.4 is 34.6 Å². The predicted octanol–water partition coefficient (Wildman–Crippen LogP) is 3.82. The van der Waals surface area contributed by atoms with Crippen molar-refractivity contribution in [3.05, 3.63) is 60.7 Å². The van der Waals surface area contributed by atoms with E-state index in [2.05, 4.69) is 60.7 Å². The number of ether oxygens (including phenoxy) is 1. The van der Waals surface area contributed by atoms with Gasteiger partial charge in [0, 0.05) is 19.3 Å². The molecule has 1 N–H and O–H groups in total. The summed E-state index contributed by atoms with van der Waals surface area (Å²) < 4.78 is 5.77. The van der Waals surface area contributed by atoms with Gasteiger partial charge in [0.25, 0.3) is 0 Å². The van der Waals surface area contributed by atoms with E-state index in [1.54, 1.807) is 10.6 Å². The third-order valence-corrected chi connectivity index (χ3v) is 12.4. The summed E-state index contributed by atoms with van der Waals surface area (Å²) in [5.74, 6) is -0.666. The highest BCUT2D eigenvalue weighted by atomic mass is 127. The maximum atomic E-state index is 10.6. The summed E-state index contributed by atoms with van der Waals surface area (Å²) >= 11 is 0. The van der Waals surface area contributed by atoms with Gasteiger partial charge in [-0.15, -0.1) is 0 Å². The Balaban J connectivity index is 0.00000408. The highest BCUT2D eigenvalue weighted by Gasteiger charge is 2.49. The average Bonchev–Trinajstić information content (AvgIpc) is 2.86. The number of rotatable bonds is 15. The molecular formula is C29H42IO3P. The van der Waals surface area contributed by atoms with E-state index in [1.807, 2.05) is 0 Å². The van der Waals surface area contributed by atoms with Crippen molar-refractivity contribution >= 4 is 23.8 Å². The van der Waals surface area contributed by atoms with Crippen molar-refractivity contribution in [2.24, 2.45) is 0 Å². The second-order valence-electron chi connectivity index (χ2n) is 9.43. The van der Waals surface area contributed by atoms with Crippen LogP contribution in [0.1, 0.15) is 77.0 Å². The average molecular weight is 597 g/mol. The van der Waals surface area contributed by atoms with E-state index >= 15 is 0 Å². The maximum Gasteiger partial charge on any atom is 0.303 e. The zero-order valence-electron chi connectivity index (χ0n) is 20.5. The molecule has 188 valence electrons. The molecule has 1 heterocycles. The van der Waals surface area contributed by atoms with Crippen LogP contribution >= 0.6 is 7.26 Å². The monoisotopic (exact) mass is 596 g/mol. The number of carbonyl (C=O) groups is 1. The molecule has 1 fully saturated rings. The van der Waals surface area contributed by atoms with Crippen LogP contribution in [0.25, 0.3) is 0 Å². The number of aliphatic carboxylic acids is 1. The largest absolute Gasteiger partial charge is 1.00 e. The van der Waals surface area contributed by atoms with Crippen molar-refractivity contribution in [2.75, 3.05) is 19.4 Å². The number of halogens is 1. The summed E-state index contributed by atoms with van der Waals surface area (Å²) in [6.45, 7) is 1.80. The molecule has 0 saturated carbocycles. The third kappa shape index (κ3) is 8.91. The van der Waals surface area contributed by atoms with E-state index in [0.717, 1.165) is 31.7 Å². The lowest BCUT2D eigenvalue weighted by molar-refractivity contribution is -0.137. The predicted molar refractivity (Wildman–Crippen MR) is 142 cm³/mol. The number of carboxylic acid groups (broad SMARTS) is 1. The molecule has 0 bridgehead atoms. The Kier molecular flexibility index (Phi) is 14.3. The molecule has 1 saturated heterocycles. The van der Waals surface area contributed by atoms with Gasteiger partial charge in [0.2, 0.25) is 0 Å². The van der Waals surface area contributed by atoms with Crippen molar-refractivity contribution in [3.8, 4) is 0 Å². The number of carboxylic acids is 1. The molecule has 34 heavy (non-hydrogen) atoms. The van der Waals surface area contributed by atoms with E-state index in [9.17, 15) is 4.79 Å². The maximum absolute atomic E-state index is 10.6. The van der Waals surface area contributed by atoms with E-state index in [0.29, 0.717) is 6.42 Å². The van der Waals surface area contributed by atoms with E-state index in [1.165, 1.54) is 63.9 Å². The smallest absolute Gasteiger partial charge is 0.303 e. The Morgan fingerprint density at radius 1 is 0.735 bits per heavy atom. The summed E-state index contributed by atoms with van der Waals surface area (Å²) in [4.78, 5) is 10.6. The molecule has 1 aliphatic heterocycles. The van der Waals surface area contributed by atoms with Gasteiger partial charge in [0.15, 0.2) is 0 Å². The van der Waals surface area contributed by atoms with Crippen LogP contribution in [0.2, 0.25) is 0 Å². The first-order valence-corrected chi connectivity index (χ1v) is 15.1. The molecule has 3 nitrogen and oxygen atoms in total. The molecule has 0 aromatic heterocycles. The second kappa shape index (κ2) is 16.7. The van der Waals surface area contributed by atoms with Gasteiger partial charge < -0.3 is 33.8 Å². The van der Waals surface area contributed by atoms with Gasteiger partial charge in [-0.25, -0.2) is 0 Å². The fourth-order valence-corrected chi connectivity index (χ4v) is 10.6. The van der Waals surface area contributed by atoms with Crippen LogP contribution in [0.15, 0.2) is 60.7 Å². The van der Waals surface area contributed by atoms with Gasteiger partial charge >= 0.3 is 5.97 Å². The summed E-state index contributed by atoms with van der Waals surface area (Å²) in [6, 6.07) is 22.8. The minimum Gasteiger partial charge on any atom is -1.00 e. The number of hydrogen-bond donors (Lipinski definition) is 1. The fraction of sp³-hybridized carbons (Fsp3) is 0.552. The molecule has 2 aromatic rings.